The van der Waals surface area contributed by atoms with E-state index >= 15 is 0 Å². The minimum absolute atomic E-state index is 0.277. The molecule has 0 aliphatic rings. The van der Waals surface area contributed by atoms with Gasteiger partial charge in [-0.1, -0.05) is 0 Å². The molecular formula is C17H13FN4O. The molecular weight excluding hydrogens is 295 g/mol. The number of hydrogen-bond acceptors (Lipinski definition) is 4. The van der Waals surface area contributed by atoms with Gasteiger partial charge in [-0.15, -0.1) is 0 Å². The first-order chi connectivity index (χ1) is 11.2. The molecule has 0 unspecified atom stereocenters. The van der Waals surface area contributed by atoms with Gasteiger partial charge in [0.05, 0.1) is 7.11 Å². The molecule has 0 saturated carbocycles. The molecule has 2 heterocycles. The summed E-state index contributed by atoms with van der Waals surface area (Å²) in [5.41, 5.74) is 3.30. The van der Waals surface area contributed by atoms with Crippen molar-refractivity contribution in [2.75, 3.05) is 12.4 Å². The van der Waals surface area contributed by atoms with E-state index in [0.717, 1.165) is 33.4 Å². The molecule has 5 nitrogen and oxygen atoms in total. The van der Waals surface area contributed by atoms with E-state index in [2.05, 4.69) is 20.3 Å². The Morgan fingerprint density at radius 1 is 1.09 bits per heavy atom. The molecule has 0 bridgehead atoms. The summed E-state index contributed by atoms with van der Waals surface area (Å²) in [6, 6.07) is 11.9. The van der Waals surface area contributed by atoms with Gasteiger partial charge in [0, 0.05) is 16.6 Å². The molecule has 4 rings (SSSR count). The maximum atomic E-state index is 13.0. The molecule has 0 atom stereocenters. The molecule has 0 fully saturated rings. The van der Waals surface area contributed by atoms with E-state index in [4.69, 9.17) is 4.74 Å². The summed E-state index contributed by atoms with van der Waals surface area (Å²) in [6.45, 7) is 0. The van der Waals surface area contributed by atoms with Crippen LogP contribution < -0.4 is 10.1 Å². The van der Waals surface area contributed by atoms with Gasteiger partial charge >= 0.3 is 0 Å². The van der Waals surface area contributed by atoms with Crippen molar-refractivity contribution in [2.45, 2.75) is 0 Å². The van der Waals surface area contributed by atoms with Gasteiger partial charge in [0.2, 0.25) is 0 Å². The number of rotatable bonds is 3. The third-order valence-electron chi connectivity index (χ3n) is 3.70. The Labute approximate surface area is 131 Å². The highest BCUT2D eigenvalue weighted by Crippen LogP contribution is 2.31. The van der Waals surface area contributed by atoms with E-state index in [9.17, 15) is 4.39 Å². The molecule has 23 heavy (non-hydrogen) atoms. The van der Waals surface area contributed by atoms with Crippen LogP contribution in [0.1, 0.15) is 0 Å². The van der Waals surface area contributed by atoms with Gasteiger partial charge in [0.25, 0.3) is 0 Å². The summed E-state index contributed by atoms with van der Waals surface area (Å²) in [7, 11) is 1.63. The fraction of sp³-hybridized carbons (Fsp3) is 0.0588. The number of nitrogens with zero attached hydrogens (tertiary/aromatic N) is 2. The van der Waals surface area contributed by atoms with Crippen LogP contribution in [-0.2, 0) is 0 Å². The molecule has 2 aromatic carbocycles. The minimum atomic E-state index is -0.277. The fourth-order valence-corrected chi connectivity index (χ4v) is 2.56. The quantitative estimate of drug-likeness (QED) is 0.600. The van der Waals surface area contributed by atoms with Gasteiger partial charge in [-0.2, -0.15) is 0 Å². The molecule has 6 heteroatoms. The van der Waals surface area contributed by atoms with Crippen LogP contribution in [0.3, 0.4) is 0 Å². The second kappa shape index (κ2) is 5.24. The molecule has 2 aromatic heterocycles. The predicted molar refractivity (Wildman–Crippen MR) is 87.6 cm³/mol. The Balaban J connectivity index is 1.85. The Kier molecular flexibility index (Phi) is 3.08. The van der Waals surface area contributed by atoms with Gasteiger partial charge in [-0.05, 0) is 42.5 Å². The Hall–Kier alpha value is -3.15. The van der Waals surface area contributed by atoms with Gasteiger partial charge in [-0.3, -0.25) is 0 Å². The molecule has 4 aromatic rings. The largest absolute Gasteiger partial charge is 0.497 e. The SMILES string of the molecule is COc1ccc2[nH]c3c(Nc4ccc(F)cc4)ncnc3c2c1. The van der Waals surface area contributed by atoms with E-state index in [1.54, 1.807) is 19.2 Å². The summed E-state index contributed by atoms with van der Waals surface area (Å²) in [4.78, 5) is 12.0. The van der Waals surface area contributed by atoms with Crippen molar-refractivity contribution < 1.29 is 9.13 Å². The molecule has 114 valence electrons. The van der Waals surface area contributed by atoms with E-state index < -0.39 is 0 Å². The van der Waals surface area contributed by atoms with E-state index in [1.807, 2.05) is 18.2 Å². The van der Waals surface area contributed by atoms with Crippen molar-refractivity contribution >= 4 is 33.4 Å². The maximum Gasteiger partial charge on any atom is 0.158 e. The van der Waals surface area contributed by atoms with Crippen LogP contribution in [0.5, 0.6) is 5.75 Å². The summed E-state index contributed by atoms with van der Waals surface area (Å²) >= 11 is 0. The first kappa shape index (κ1) is 13.5. The maximum absolute atomic E-state index is 13.0. The molecule has 0 amide bonds. The van der Waals surface area contributed by atoms with Crippen molar-refractivity contribution in [3.8, 4) is 5.75 Å². The third-order valence-corrected chi connectivity index (χ3v) is 3.70. The average molecular weight is 308 g/mol. The van der Waals surface area contributed by atoms with Crippen LogP contribution in [0.25, 0.3) is 21.9 Å². The number of hydrogen-bond donors (Lipinski definition) is 2. The highest BCUT2D eigenvalue weighted by Gasteiger charge is 2.11. The lowest BCUT2D eigenvalue weighted by atomic mass is 10.2. The number of halogens is 1. The van der Waals surface area contributed by atoms with E-state index in [-0.39, 0.29) is 5.82 Å². The lowest BCUT2D eigenvalue weighted by molar-refractivity contribution is 0.415. The number of nitrogens with one attached hydrogen (secondary N) is 2. The second-order valence-corrected chi connectivity index (χ2v) is 5.11. The summed E-state index contributed by atoms with van der Waals surface area (Å²) in [6.07, 6.45) is 1.50. The lowest BCUT2D eigenvalue weighted by Gasteiger charge is -2.05. The van der Waals surface area contributed by atoms with E-state index in [0.29, 0.717) is 5.82 Å². The zero-order valence-corrected chi connectivity index (χ0v) is 12.3. The zero-order chi connectivity index (χ0) is 15.8. The second-order valence-electron chi connectivity index (χ2n) is 5.11. The normalized spacial score (nSPS) is 11.0. The van der Waals surface area contributed by atoms with Crippen molar-refractivity contribution in [3.05, 3.63) is 54.6 Å². The van der Waals surface area contributed by atoms with Gasteiger partial charge < -0.3 is 15.0 Å². The highest BCUT2D eigenvalue weighted by atomic mass is 19.1. The molecule has 0 aliphatic heterocycles. The molecule has 0 saturated heterocycles. The first-order valence-electron chi connectivity index (χ1n) is 7.07. The van der Waals surface area contributed by atoms with Gasteiger partial charge in [0.1, 0.15) is 28.9 Å². The molecule has 2 N–H and O–H groups in total. The molecule has 0 aliphatic carbocycles. The van der Waals surface area contributed by atoms with Crippen molar-refractivity contribution in [1.82, 2.24) is 15.0 Å². The number of anilines is 2. The lowest BCUT2D eigenvalue weighted by Crippen LogP contribution is -1.95. The number of methoxy groups -OCH3 is 1. The third kappa shape index (κ3) is 2.34. The van der Waals surface area contributed by atoms with Crippen LogP contribution >= 0.6 is 0 Å². The highest BCUT2D eigenvalue weighted by molar-refractivity contribution is 6.08. The zero-order valence-electron chi connectivity index (χ0n) is 12.3. The van der Waals surface area contributed by atoms with Crippen molar-refractivity contribution in [2.24, 2.45) is 0 Å². The van der Waals surface area contributed by atoms with Crippen LogP contribution in [-0.4, -0.2) is 22.1 Å². The van der Waals surface area contributed by atoms with Crippen LogP contribution in [0.4, 0.5) is 15.9 Å². The number of H-pyrrole nitrogens is 1. The smallest absolute Gasteiger partial charge is 0.158 e. The van der Waals surface area contributed by atoms with Crippen molar-refractivity contribution in [3.63, 3.8) is 0 Å². The average Bonchev–Trinajstić information content (AvgIpc) is 2.96. The number of aromatic nitrogens is 3. The van der Waals surface area contributed by atoms with Crippen LogP contribution in [0, 0.1) is 5.82 Å². The number of aromatic amines is 1. The standard InChI is InChI=1S/C17H13FN4O/c1-23-12-6-7-14-13(8-12)15-16(22-14)17(20-9-19-15)21-11-4-2-10(18)3-5-11/h2-9,22H,1H3,(H,19,20,21). The summed E-state index contributed by atoms with van der Waals surface area (Å²) < 4.78 is 18.3. The monoisotopic (exact) mass is 308 g/mol. The predicted octanol–water partition coefficient (Wildman–Crippen LogP) is 4.00. The summed E-state index contributed by atoms with van der Waals surface area (Å²) in [5, 5.41) is 4.15. The van der Waals surface area contributed by atoms with E-state index in [1.165, 1.54) is 18.5 Å². The fourth-order valence-electron chi connectivity index (χ4n) is 2.56. The van der Waals surface area contributed by atoms with Crippen LogP contribution in [0.15, 0.2) is 48.8 Å². The first-order valence-corrected chi connectivity index (χ1v) is 7.07. The van der Waals surface area contributed by atoms with Gasteiger partial charge in [-0.25, -0.2) is 14.4 Å². The van der Waals surface area contributed by atoms with Crippen molar-refractivity contribution in [1.29, 1.82) is 0 Å². The Morgan fingerprint density at radius 3 is 2.70 bits per heavy atom. The van der Waals surface area contributed by atoms with Gasteiger partial charge in [0.15, 0.2) is 5.82 Å². The number of ether oxygens (including phenoxy) is 1. The molecule has 0 radical (unpaired) electrons. The Morgan fingerprint density at radius 2 is 1.91 bits per heavy atom. The van der Waals surface area contributed by atoms with Crippen LogP contribution in [0.2, 0.25) is 0 Å². The summed E-state index contributed by atoms with van der Waals surface area (Å²) in [5.74, 6) is 1.13. The molecule has 0 spiro atoms. The Bertz CT molecular complexity index is 995. The topological polar surface area (TPSA) is 62.8 Å². The number of fused-ring (bicyclic) bond motifs is 3. The minimum Gasteiger partial charge on any atom is -0.497 e. The number of benzene rings is 2.